The number of hydrazone groups is 1. The van der Waals surface area contributed by atoms with Crippen LogP contribution < -0.4 is 5.43 Å². The molecule has 3 rings (SSSR count). The highest BCUT2D eigenvalue weighted by Gasteiger charge is 2.12. The lowest BCUT2D eigenvalue weighted by molar-refractivity contribution is 0.0950. The summed E-state index contributed by atoms with van der Waals surface area (Å²) in [6.07, 6.45) is 1.36. The summed E-state index contributed by atoms with van der Waals surface area (Å²) in [7, 11) is 0. The maximum absolute atomic E-state index is 12.0. The van der Waals surface area contributed by atoms with Crippen LogP contribution >= 0.6 is 22.9 Å². The standard InChI is InChI=1S/C15H11ClN4O2S/c16-14-6-5-13(23-14)10-7-11(19-18-10)15(22)20-17-8-9-3-1-2-4-12(9)21/h1-8,21H,(H,18,19)(H,20,22). The zero-order chi connectivity index (χ0) is 16.2. The second kappa shape index (κ2) is 6.64. The Morgan fingerprint density at radius 2 is 2.17 bits per heavy atom. The lowest BCUT2D eigenvalue weighted by Crippen LogP contribution is -2.18. The Morgan fingerprint density at radius 3 is 2.91 bits per heavy atom. The first kappa shape index (κ1) is 15.3. The van der Waals surface area contributed by atoms with E-state index in [4.69, 9.17) is 11.6 Å². The van der Waals surface area contributed by atoms with Gasteiger partial charge in [0.1, 0.15) is 5.75 Å². The van der Waals surface area contributed by atoms with E-state index in [1.54, 1.807) is 30.3 Å². The topological polar surface area (TPSA) is 90.4 Å². The van der Waals surface area contributed by atoms with Gasteiger partial charge >= 0.3 is 0 Å². The van der Waals surface area contributed by atoms with Gasteiger partial charge in [0, 0.05) is 5.56 Å². The maximum atomic E-state index is 12.0. The molecule has 0 aliphatic rings. The molecule has 23 heavy (non-hydrogen) atoms. The number of aromatic hydroxyl groups is 1. The molecular formula is C15H11ClN4O2S. The van der Waals surface area contributed by atoms with E-state index in [-0.39, 0.29) is 11.4 Å². The van der Waals surface area contributed by atoms with Gasteiger partial charge in [-0.1, -0.05) is 23.7 Å². The molecule has 1 amide bonds. The molecule has 0 unspecified atom stereocenters. The maximum Gasteiger partial charge on any atom is 0.291 e. The third-order valence-electron chi connectivity index (χ3n) is 2.96. The Balaban J connectivity index is 1.67. The van der Waals surface area contributed by atoms with Crippen molar-refractivity contribution >= 4 is 35.1 Å². The van der Waals surface area contributed by atoms with E-state index in [1.165, 1.54) is 23.6 Å². The second-order valence-electron chi connectivity index (χ2n) is 4.53. The minimum atomic E-state index is -0.457. The van der Waals surface area contributed by atoms with E-state index in [0.29, 0.717) is 15.6 Å². The van der Waals surface area contributed by atoms with Gasteiger partial charge < -0.3 is 5.11 Å². The van der Waals surface area contributed by atoms with Gasteiger partial charge in [-0.3, -0.25) is 9.89 Å². The van der Waals surface area contributed by atoms with Gasteiger partial charge in [-0.15, -0.1) is 11.3 Å². The van der Waals surface area contributed by atoms with E-state index in [0.717, 1.165) is 4.88 Å². The van der Waals surface area contributed by atoms with Crippen LogP contribution in [0.2, 0.25) is 4.34 Å². The van der Waals surface area contributed by atoms with Crippen LogP contribution in [-0.2, 0) is 0 Å². The Morgan fingerprint density at radius 1 is 1.35 bits per heavy atom. The summed E-state index contributed by atoms with van der Waals surface area (Å²) in [6, 6.07) is 11.9. The summed E-state index contributed by atoms with van der Waals surface area (Å²) in [5, 5.41) is 20.1. The van der Waals surface area contributed by atoms with Crippen LogP contribution in [0.15, 0.2) is 47.6 Å². The highest BCUT2D eigenvalue weighted by Crippen LogP contribution is 2.29. The van der Waals surface area contributed by atoms with Gasteiger partial charge in [0.2, 0.25) is 0 Å². The number of rotatable bonds is 4. The minimum absolute atomic E-state index is 0.0853. The number of H-pyrrole nitrogens is 1. The zero-order valence-electron chi connectivity index (χ0n) is 11.7. The van der Waals surface area contributed by atoms with Gasteiger partial charge in [-0.25, -0.2) is 5.43 Å². The van der Waals surface area contributed by atoms with E-state index >= 15 is 0 Å². The molecule has 0 atom stereocenters. The van der Waals surface area contributed by atoms with Crippen molar-refractivity contribution in [3.05, 3.63) is 58.1 Å². The monoisotopic (exact) mass is 346 g/mol. The van der Waals surface area contributed by atoms with Gasteiger partial charge in [0.15, 0.2) is 5.69 Å². The fourth-order valence-electron chi connectivity index (χ4n) is 1.84. The third-order valence-corrected chi connectivity index (χ3v) is 4.22. The first-order chi connectivity index (χ1) is 11.1. The Labute approximate surface area is 140 Å². The van der Waals surface area contributed by atoms with E-state index in [9.17, 15) is 9.90 Å². The average Bonchev–Trinajstić information content (AvgIpc) is 3.18. The number of carbonyl (C=O) groups excluding carboxylic acids is 1. The van der Waals surface area contributed by atoms with Crippen molar-refractivity contribution in [2.45, 2.75) is 0 Å². The van der Waals surface area contributed by atoms with E-state index in [2.05, 4.69) is 20.7 Å². The smallest absolute Gasteiger partial charge is 0.291 e. The van der Waals surface area contributed by atoms with Crippen LogP contribution in [0.5, 0.6) is 5.75 Å². The molecule has 6 nitrogen and oxygen atoms in total. The second-order valence-corrected chi connectivity index (χ2v) is 6.24. The van der Waals surface area contributed by atoms with Crippen LogP contribution in [0, 0.1) is 0 Å². The predicted octanol–water partition coefficient (Wildman–Crippen LogP) is 3.26. The van der Waals surface area contributed by atoms with Crippen LogP contribution in [0.25, 0.3) is 10.6 Å². The lowest BCUT2D eigenvalue weighted by Gasteiger charge is -1.97. The average molecular weight is 347 g/mol. The molecule has 2 aromatic heterocycles. The molecule has 116 valence electrons. The lowest BCUT2D eigenvalue weighted by atomic mass is 10.2. The summed E-state index contributed by atoms with van der Waals surface area (Å²) in [5.74, 6) is -0.371. The number of hydrogen-bond acceptors (Lipinski definition) is 5. The van der Waals surface area contributed by atoms with Crippen LogP contribution in [-0.4, -0.2) is 27.4 Å². The molecule has 3 N–H and O–H groups in total. The fourth-order valence-corrected chi connectivity index (χ4v) is 2.85. The molecule has 2 heterocycles. The summed E-state index contributed by atoms with van der Waals surface area (Å²) >= 11 is 7.27. The minimum Gasteiger partial charge on any atom is -0.507 e. The number of phenols is 1. The number of thiophene rings is 1. The third kappa shape index (κ3) is 3.58. The molecule has 0 saturated heterocycles. The summed E-state index contributed by atoms with van der Waals surface area (Å²) < 4.78 is 0.660. The number of halogens is 1. The fraction of sp³-hybridized carbons (Fsp3) is 0. The van der Waals surface area contributed by atoms with Crippen LogP contribution in [0.4, 0.5) is 0 Å². The number of aromatic nitrogens is 2. The SMILES string of the molecule is O=C(NN=Cc1ccccc1O)c1cc(-c2ccc(Cl)s2)[nH]n1. The van der Waals surface area contributed by atoms with Gasteiger partial charge in [-0.2, -0.15) is 10.2 Å². The molecule has 8 heteroatoms. The number of nitrogens with one attached hydrogen (secondary N) is 2. The van der Waals surface area contributed by atoms with Crippen LogP contribution in [0.1, 0.15) is 16.1 Å². The number of aromatic amines is 1. The Kier molecular flexibility index (Phi) is 4.40. The van der Waals surface area contributed by atoms with Crippen molar-refractivity contribution in [3.8, 4) is 16.3 Å². The van der Waals surface area contributed by atoms with Gasteiger partial charge in [0.05, 0.1) is 21.1 Å². The summed E-state index contributed by atoms with van der Waals surface area (Å²) in [5.41, 5.74) is 3.78. The number of hydrogen-bond donors (Lipinski definition) is 3. The number of phenolic OH excluding ortho intramolecular Hbond substituents is 1. The number of para-hydroxylation sites is 1. The highest BCUT2D eigenvalue weighted by molar-refractivity contribution is 7.19. The summed E-state index contributed by atoms with van der Waals surface area (Å²) in [6.45, 7) is 0. The number of benzene rings is 1. The Hall–Kier alpha value is -2.64. The first-order valence-electron chi connectivity index (χ1n) is 6.56. The Bertz CT molecular complexity index is 872. The molecule has 0 aliphatic carbocycles. The summed E-state index contributed by atoms with van der Waals surface area (Å²) in [4.78, 5) is 12.9. The number of carbonyl (C=O) groups is 1. The van der Waals surface area contributed by atoms with Crippen molar-refractivity contribution in [2.75, 3.05) is 0 Å². The normalized spacial score (nSPS) is 11.0. The molecule has 0 spiro atoms. The number of nitrogens with zero attached hydrogens (tertiary/aromatic N) is 2. The quantitative estimate of drug-likeness (QED) is 0.500. The highest BCUT2D eigenvalue weighted by atomic mass is 35.5. The molecule has 1 aromatic carbocycles. The van der Waals surface area contributed by atoms with E-state index < -0.39 is 5.91 Å². The van der Waals surface area contributed by atoms with Crippen LogP contribution in [0.3, 0.4) is 0 Å². The van der Waals surface area contributed by atoms with Gasteiger partial charge in [-0.05, 0) is 30.3 Å². The predicted molar refractivity (Wildman–Crippen MR) is 90.1 cm³/mol. The van der Waals surface area contributed by atoms with Crippen molar-refractivity contribution < 1.29 is 9.90 Å². The van der Waals surface area contributed by atoms with Crippen molar-refractivity contribution in [2.24, 2.45) is 5.10 Å². The molecule has 3 aromatic rings. The first-order valence-corrected chi connectivity index (χ1v) is 7.75. The number of amides is 1. The molecule has 0 saturated carbocycles. The molecule has 0 bridgehead atoms. The van der Waals surface area contributed by atoms with E-state index in [1.807, 2.05) is 6.07 Å². The van der Waals surface area contributed by atoms with Crippen molar-refractivity contribution in [1.82, 2.24) is 15.6 Å². The molecule has 0 radical (unpaired) electrons. The van der Waals surface area contributed by atoms with Gasteiger partial charge in [0.25, 0.3) is 5.91 Å². The zero-order valence-corrected chi connectivity index (χ0v) is 13.2. The van der Waals surface area contributed by atoms with Crippen molar-refractivity contribution in [3.63, 3.8) is 0 Å². The molecule has 0 aliphatic heterocycles. The largest absolute Gasteiger partial charge is 0.507 e. The van der Waals surface area contributed by atoms with Crippen molar-refractivity contribution in [1.29, 1.82) is 0 Å². The molecular weight excluding hydrogens is 336 g/mol. The molecule has 0 fully saturated rings.